The second-order valence-electron chi connectivity index (χ2n) is 3.47. The highest BCUT2D eigenvalue weighted by molar-refractivity contribution is 7.15. The molecule has 4 nitrogen and oxygen atoms in total. The zero-order chi connectivity index (χ0) is 11.4. The number of benzene rings is 1. The van der Waals surface area contributed by atoms with E-state index in [2.05, 4.69) is 34.5 Å². The van der Waals surface area contributed by atoms with Crippen molar-refractivity contribution in [3.05, 3.63) is 41.4 Å². The SMILES string of the molecule is CN(Cc1cnc(NN)s1)c1ccccc1. The molecule has 5 heteroatoms. The van der Waals surface area contributed by atoms with E-state index in [-0.39, 0.29) is 0 Å². The van der Waals surface area contributed by atoms with Gasteiger partial charge in [-0.15, -0.1) is 0 Å². The van der Waals surface area contributed by atoms with Crippen LogP contribution in [-0.2, 0) is 6.54 Å². The number of hydrogen-bond acceptors (Lipinski definition) is 5. The van der Waals surface area contributed by atoms with Crippen LogP contribution in [0.3, 0.4) is 0 Å². The van der Waals surface area contributed by atoms with Crippen LogP contribution in [0.15, 0.2) is 36.5 Å². The van der Waals surface area contributed by atoms with Crippen LogP contribution < -0.4 is 16.2 Å². The highest BCUT2D eigenvalue weighted by Gasteiger charge is 2.04. The van der Waals surface area contributed by atoms with Gasteiger partial charge in [0.15, 0.2) is 5.13 Å². The molecule has 0 aliphatic rings. The largest absolute Gasteiger partial charge is 0.369 e. The molecule has 1 aromatic carbocycles. The number of hydrazine groups is 1. The van der Waals surface area contributed by atoms with Crippen molar-refractivity contribution in [2.75, 3.05) is 17.4 Å². The Balaban J connectivity index is 2.05. The number of thiazole rings is 1. The number of nitrogens with two attached hydrogens (primary N) is 1. The predicted molar refractivity (Wildman–Crippen MR) is 68.5 cm³/mol. The monoisotopic (exact) mass is 234 g/mol. The van der Waals surface area contributed by atoms with Gasteiger partial charge in [-0.25, -0.2) is 10.8 Å². The Morgan fingerprint density at radius 2 is 2.12 bits per heavy atom. The molecule has 84 valence electrons. The topological polar surface area (TPSA) is 54.2 Å². The van der Waals surface area contributed by atoms with E-state index >= 15 is 0 Å². The number of nitrogen functional groups attached to an aromatic ring is 1. The Bertz CT molecular complexity index is 440. The summed E-state index contributed by atoms with van der Waals surface area (Å²) in [6, 6.07) is 10.3. The van der Waals surface area contributed by atoms with Crippen LogP contribution in [0.25, 0.3) is 0 Å². The fraction of sp³-hybridized carbons (Fsp3) is 0.182. The summed E-state index contributed by atoms with van der Waals surface area (Å²) in [6.45, 7) is 0.837. The molecule has 0 amide bonds. The summed E-state index contributed by atoms with van der Waals surface area (Å²) < 4.78 is 0. The molecule has 0 fully saturated rings. The number of nitrogens with one attached hydrogen (secondary N) is 1. The van der Waals surface area contributed by atoms with E-state index in [0.717, 1.165) is 11.7 Å². The molecule has 0 aliphatic heterocycles. The Morgan fingerprint density at radius 3 is 2.75 bits per heavy atom. The first-order chi connectivity index (χ1) is 7.79. The van der Waals surface area contributed by atoms with E-state index < -0.39 is 0 Å². The average molecular weight is 234 g/mol. The summed E-state index contributed by atoms with van der Waals surface area (Å²) in [5.41, 5.74) is 3.74. The van der Waals surface area contributed by atoms with Gasteiger partial charge < -0.3 is 4.90 Å². The van der Waals surface area contributed by atoms with Gasteiger partial charge in [0.2, 0.25) is 0 Å². The molecule has 0 spiro atoms. The molecule has 0 saturated carbocycles. The quantitative estimate of drug-likeness (QED) is 0.628. The number of aromatic nitrogens is 1. The molecule has 0 unspecified atom stereocenters. The smallest absolute Gasteiger partial charge is 0.197 e. The van der Waals surface area contributed by atoms with Crippen LogP contribution in [0.4, 0.5) is 10.8 Å². The molecule has 3 N–H and O–H groups in total. The van der Waals surface area contributed by atoms with Crippen molar-refractivity contribution in [1.82, 2.24) is 4.98 Å². The third kappa shape index (κ3) is 2.50. The first kappa shape index (κ1) is 10.9. The standard InChI is InChI=1S/C11H14N4S/c1-15(9-5-3-2-4-6-9)8-10-7-13-11(14-12)16-10/h2-7H,8,12H2,1H3,(H,13,14). The molecular weight excluding hydrogens is 220 g/mol. The van der Waals surface area contributed by atoms with Crippen LogP contribution >= 0.6 is 11.3 Å². The Labute approximate surface area is 98.7 Å². The summed E-state index contributed by atoms with van der Waals surface area (Å²) in [5.74, 6) is 5.29. The fourth-order valence-corrected chi connectivity index (χ4v) is 2.23. The molecule has 0 atom stereocenters. The molecule has 2 rings (SSSR count). The van der Waals surface area contributed by atoms with Gasteiger partial charge in [-0.3, -0.25) is 5.43 Å². The molecule has 0 saturated heterocycles. The van der Waals surface area contributed by atoms with Crippen LogP contribution in [0.1, 0.15) is 4.88 Å². The van der Waals surface area contributed by atoms with Crippen LogP contribution in [0, 0.1) is 0 Å². The highest BCUT2D eigenvalue weighted by Crippen LogP contribution is 2.21. The highest BCUT2D eigenvalue weighted by atomic mass is 32.1. The Kier molecular flexibility index (Phi) is 3.38. The summed E-state index contributed by atoms with van der Waals surface area (Å²) in [6.07, 6.45) is 1.85. The second kappa shape index (κ2) is 4.96. The zero-order valence-corrected chi connectivity index (χ0v) is 9.87. The maximum absolute atomic E-state index is 5.29. The van der Waals surface area contributed by atoms with E-state index in [0.29, 0.717) is 0 Å². The molecule has 2 aromatic rings. The molecule has 0 bridgehead atoms. The van der Waals surface area contributed by atoms with Gasteiger partial charge >= 0.3 is 0 Å². The third-order valence-electron chi connectivity index (χ3n) is 2.27. The Morgan fingerprint density at radius 1 is 1.38 bits per heavy atom. The first-order valence-electron chi connectivity index (χ1n) is 4.97. The normalized spacial score (nSPS) is 10.1. The molecule has 0 radical (unpaired) electrons. The maximum Gasteiger partial charge on any atom is 0.197 e. The fourth-order valence-electron chi connectivity index (χ4n) is 1.45. The van der Waals surface area contributed by atoms with E-state index in [4.69, 9.17) is 5.84 Å². The van der Waals surface area contributed by atoms with Gasteiger partial charge in [0.1, 0.15) is 0 Å². The average Bonchev–Trinajstić information content (AvgIpc) is 2.78. The lowest BCUT2D eigenvalue weighted by molar-refractivity contribution is 0.937. The van der Waals surface area contributed by atoms with Gasteiger partial charge in [-0.2, -0.15) is 0 Å². The van der Waals surface area contributed by atoms with Gasteiger partial charge in [0, 0.05) is 23.8 Å². The summed E-state index contributed by atoms with van der Waals surface area (Å²) in [5, 5.41) is 0.747. The molecule has 1 heterocycles. The number of nitrogens with zero attached hydrogens (tertiary/aromatic N) is 2. The van der Waals surface area contributed by atoms with Crippen molar-refractivity contribution >= 4 is 22.2 Å². The van der Waals surface area contributed by atoms with Gasteiger partial charge in [-0.05, 0) is 12.1 Å². The van der Waals surface area contributed by atoms with Crippen molar-refractivity contribution in [1.29, 1.82) is 0 Å². The number of para-hydroxylation sites is 1. The van der Waals surface area contributed by atoms with Crippen LogP contribution in [-0.4, -0.2) is 12.0 Å². The minimum absolute atomic E-state index is 0.747. The van der Waals surface area contributed by atoms with Gasteiger partial charge in [0.25, 0.3) is 0 Å². The van der Waals surface area contributed by atoms with E-state index in [9.17, 15) is 0 Å². The zero-order valence-electron chi connectivity index (χ0n) is 9.05. The van der Waals surface area contributed by atoms with E-state index in [1.807, 2.05) is 24.4 Å². The van der Waals surface area contributed by atoms with Crippen molar-refractivity contribution < 1.29 is 0 Å². The minimum atomic E-state index is 0.747. The third-order valence-corrected chi connectivity index (χ3v) is 3.18. The van der Waals surface area contributed by atoms with Gasteiger partial charge in [-0.1, -0.05) is 29.5 Å². The van der Waals surface area contributed by atoms with Crippen molar-refractivity contribution in [2.24, 2.45) is 5.84 Å². The molecule has 16 heavy (non-hydrogen) atoms. The summed E-state index contributed by atoms with van der Waals surface area (Å²) in [7, 11) is 2.06. The second-order valence-corrected chi connectivity index (χ2v) is 4.58. The van der Waals surface area contributed by atoms with Crippen LogP contribution in [0.2, 0.25) is 0 Å². The molecule has 1 aromatic heterocycles. The van der Waals surface area contributed by atoms with Crippen LogP contribution in [0.5, 0.6) is 0 Å². The van der Waals surface area contributed by atoms with E-state index in [1.165, 1.54) is 10.6 Å². The van der Waals surface area contributed by atoms with E-state index in [1.54, 1.807) is 11.3 Å². The maximum atomic E-state index is 5.29. The van der Waals surface area contributed by atoms with Crippen molar-refractivity contribution in [2.45, 2.75) is 6.54 Å². The van der Waals surface area contributed by atoms with Crippen molar-refractivity contribution in [3.63, 3.8) is 0 Å². The lowest BCUT2D eigenvalue weighted by atomic mass is 10.3. The molecule has 0 aliphatic carbocycles. The van der Waals surface area contributed by atoms with Gasteiger partial charge in [0.05, 0.1) is 6.54 Å². The minimum Gasteiger partial charge on any atom is -0.369 e. The van der Waals surface area contributed by atoms with Crippen molar-refractivity contribution in [3.8, 4) is 0 Å². The number of rotatable bonds is 4. The number of hydrogen-bond donors (Lipinski definition) is 2. The first-order valence-corrected chi connectivity index (χ1v) is 5.79. The summed E-state index contributed by atoms with van der Waals surface area (Å²) >= 11 is 1.57. The number of anilines is 2. The lowest BCUT2D eigenvalue weighted by Gasteiger charge is -2.17. The summed E-state index contributed by atoms with van der Waals surface area (Å²) in [4.78, 5) is 7.49. The lowest BCUT2D eigenvalue weighted by Crippen LogP contribution is -2.15. The molecular formula is C11H14N4S. The Hall–Kier alpha value is -1.59. The predicted octanol–water partition coefficient (Wildman–Crippen LogP) is 2.07.